The van der Waals surface area contributed by atoms with E-state index in [4.69, 9.17) is 17.0 Å². The van der Waals surface area contributed by atoms with Gasteiger partial charge in [0.1, 0.15) is 4.32 Å². The third kappa shape index (κ3) is 3.78. The zero-order valence-corrected chi connectivity index (χ0v) is 19.8. The lowest BCUT2D eigenvalue weighted by Gasteiger charge is -2.31. The van der Waals surface area contributed by atoms with Gasteiger partial charge in [0.2, 0.25) is 0 Å². The number of ether oxygens (including phenoxy) is 1. The number of hydrogen-bond donors (Lipinski definition) is 0. The van der Waals surface area contributed by atoms with Crippen molar-refractivity contribution in [3.05, 3.63) is 45.1 Å². The Bertz CT molecular complexity index is 1160. The summed E-state index contributed by atoms with van der Waals surface area (Å²) in [5.74, 6) is -0.0601. The zero-order valence-electron chi connectivity index (χ0n) is 18.2. The number of anilines is 1. The third-order valence-electron chi connectivity index (χ3n) is 6.68. The van der Waals surface area contributed by atoms with E-state index in [9.17, 15) is 9.59 Å². The summed E-state index contributed by atoms with van der Waals surface area (Å²) in [5.41, 5.74) is 2.21. The SMILES string of the molecule is Cn1c(=O)c(C=C2SC(=S)N(C3CCCCC3)C2=O)c(N2CCOCC2)c2ccccc21. The molecule has 168 valence electrons. The number of pyridine rings is 1. The van der Waals surface area contributed by atoms with Gasteiger partial charge in [0.25, 0.3) is 11.5 Å². The maximum absolute atomic E-state index is 13.5. The molecule has 3 aliphatic rings. The van der Waals surface area contributed by atoms with Crippen LogP contribution in [0.5, 0.6) is 0 Å². The molecule has 6 nitrogen and oxygen atoms in total. The monoisotopic (exact) mass is 469 g/mol. The molecule has 1 aromatic carbocycles. The fourth-order valence-corrected chi connectivity index (χ4v) is 6.41. The molecule has 5 rings (SSSR count). The van der Waals surface area contributed by atoms with Crippen molar-refractivity contribution in [2.24, 2.45) is 7.05 Å². The number of aromatic nitrogens is 1. The molecule has 2 aliphatic heterocycles. The van der Waals surface area contributed by atoms with Gasteiger partial charge in [0.05, 0.1) is 34.9 Å². The summed E-state index contributed by atoms with van der Waals surface area (Å²) in [7, 11) is 1.79. The van der Waals surface area contributed by atoms with Crippen LogP contribution in [0.3, 0.4) is 0 Å². The Morgan fingerprint density at radius 3 is 2.56 bits per heavy atom. The topological polar surface area (TPSA) is 54.8 Å². The van der Waals surface area contributed by atoms with Crippen LogP contribution in [0.2, 0.25) is 0 Å². The summed E-state index contributed by atoms with van der Waals surface area (Å²) in [6.07, 6.45) is 7.26. The quantitative estimate of drug-likeness (QED) is 0.502. The Kier molecular flexibility index (Phi) is 6.09. The Hall–Kier alpha value is -2.16. The molecule has 3 fully saturated rings. The van der Waals surface area contributed by atoms with Gasteiger partial charge < -0.3 is 14.2 Å². The number of carbonyl (C=O) groups is 1. The highest BCUT2D eigenvalue weighted by Crippen LogP contribution is 2.39. The molecule has 0 unspecified atom stereocenters. The van der Waals surface area contributed by atoms with Crippen molar-refractivity contribution in [3.63, 3.8) is 0 Å². The highest BCUT2D eigenvalue weighted by molar-refractivity contribution is 8.26. The summed E-state index contributed by atoms with van der Waals surface area (Å²) in [6.45, 7) is 2.65. The first-order valence-corrected chi connectivity index (χ1v) is 12.5. The summed E-state index contributed by atoms with van der Waals surface area (Å²) in [6, 6.07) is 8.13. The molecular formula is C24H27N3O3S2. The van der Waals surface area contributed by atoms with Crippen LogP contribution in [0.4, 0.5) is 5.69 Å². The average Bonchev–Trinajstić information content (AvgIpc) is 3.11. The van der Waals surface area contributed by atoms with Gasteiger partial charge in [-0.2, -0.15) is 0 Å². The molecule has 0 atom stereocenters. The second kappa shape index (κ2) is 9.00. The number of hydrogen-bond acceptors (Lipinski definition) is 6. The molecule has 1 aromatic heterocycles. The first kappa shape index (κ1) is 21.7. The second-order valence-corrected chi connectivity index (χ2v) is 10.3. The second-order valence-electron chi connectivity index (χ2n) is 8.59. The summed E-state index contributed by atoms with van der Waals surface area (Å²) in [4.78, 5) is 31.4. The Morgan fingerprint density at radius 2 is 1.81 bits per heavy atom. The molecule has 0 N–H and O–H groups in total. The molecule has 8 heteroatoms. The Balaban J connectivity index is 1.63. The van der Waals surface area contributed by atoms with Gasteiger partial charge >= 0.3 is 0 Å². The highest BCUT2D eigenvalue weighted by Gasteiger charge is 2.38. The number of aryl methyl sites for hydroxylation is 1. The van der Waals surface area contributed by atoms with Gasteiger partial charge in [0.15, 0.2) is 0 Å². The molecule has 32 heavy (non-hydrogen) atoms. The molecule has 0 spiro atoms. The molecule has 1 saturated carbocycles. The number of nitrogens with zero attached hydrogens (tertiary/aromatic N) is 3. The predicted octanol–water partition coefficient (Wildman–Crippen LogP) is 3.91. The van der Waals surface area contributed by atoms with Crippen LogP contribution in [-0.2, 0) is 16.6 Å². The summed E-state index contributed by atoms with van der Waals surface area (Å²) >= 11 is 6.93. The lowest BCUT2D eigenvalue weighted by molar-refractivity contribution is -0.124. The van der Waals surface area contributed by atoms with Gasteiger partial charge in [0, 0.05) is 31.6 Å². The van der Waals surface area contributed by atoms with E-state index in [-0.39, 0.29) is 17.5 Å². The van der Waals surface area contributed by atoms with Crippen LogP contribution in [0.25, 0.3) is 17.0 Å². The minimum atomic E-state index is -0.104. The predicted molar refractivity (Wildman–Crippen MR) is 134 cm³/mol. The van der Waals surface area contributed by atoms with E-state index in [0.717, 1.165) is 42.3 Å². The van der Waals surface area contributed by atoms with E-state index < -0.39 is 0 Å². The zero-order chi connectivity index (χ0) is 22.2. The van der Waals surface area contributed by atoms with Crippen molar-refractivity contribution in [1.29, 1.82) is 0 Å². The number of para-hydroxylation sites is 1. The van der Waals surface area contributed by atoms with Crippen molar-refractivity contribution in [1.82, 2.24) is 9.47 Å². The first-order chi connectivity index (χ1) is 15.6. The fraction of sp³-hybridized carbons (Fsp3) is 0.458. The van der Waals surface area contributed by atoms with Crippen molar-refractivity contribution in [2.75, 3.05) is 31.2 Å². The number of amides is 1. The maximum atomic E-state index is 13.5. The standard InChI is InChI=1S/C24H27N3O3S2/c1-25-19-10-6-5-9-17(19)21(26-11-13-30-14-12-26)18(22(25)28)15-20-23(29)27(24(31)32-20)16-7-3-2-4-8-16/h5-6,9-10,15-16H,2-4,7-8,11-14H2,1H3. The van der Waals surface area contributed by atoms with Gasteiger partial charge in [-0.1, -0.05) is 61.4 Å². The number of carbonyl (C=O) groups excluding carboxylic acids is 1. The Morgan fingerprint density at radius 1 is 1.09 bits per heavy atom. The van der Waals surface area contributed by atoms with E-state index >= 15 is 0 Å². The van der Waals surface area contributed by atoms with Gasteiger partial charge in [-0.25, -0.2) is 0 Å². The highest BCUT2D eigenvalue weighted by atomic mass is 32.2. The minimum absolute atomic E-state index is 0.0601. The van der Waals surface area contributed by atoms with E-state index in [1.165, 1.54) is 18.2 Å². The van der Waals surface area contributed by atoms with E-state index in [2.05, 4.69) is 4.90 Å². The van der Waals surface area contributed by atoms with Crippen LogP contribution >= 0.6 is 24.0 Å². The molecule has 0 bridgehead atoms. The van der Waals surface area contributed by atoms with Gasteiger partial charge in [-0.3, -0.25) is 14.5 Å². The average molecular weight is 470 g/mol. The summed E-state index contributed by atoms with van der Waals surface area (Å²) in [5, 5.41) is 1.01. The van der Waals surface area contributed by atoms with Gasteiger partial charge in [-0.05, 0) is 25.0 Å². The number of fused-ring (bicyclic) bond motifs is 1. The fourth-order valence-electron chi connectivity index (χ4n) is 5.03. The van der Waals surface area contributed by atoms with Crippen molar-refractivity contribution >= 4 is 56.9 Å². The van der Waals surface area contributed by atoms with E-state index in [0.29, 0.717) is 41.1 Å². The molecule has 3 heterocycles. The van der Waals surface area contributed by atoms with Crippen LogP contribution < -0.4 is 10.5 Å². The minimum Gasteiger partial charge on any atom is -0.378 e. The van der Waals surface area contributed by atoms with Gasteiger partial charge in [-0.15, -0.1) is 0 Å². The number of thiocarbonyl (C=S) groups is 1. The van der Waals surface area contributed by atoms with E-state index in [1.807, 2.05) is 24.3 Å². The lowest BCUT2D eigenvalue weighted by atomic mass is 9.94. The molecule has 1 amide bonds. The largest absolute Gasteiger partial charge is 0.378 e. The summed E-state index contributed by atoms with van der Waals surface area (Å²) < 4.78 is 7.83. The van der Waals surface area contributed by atoms with Crippen molar-refractivity contribution in [3.8, 4) is 0 Å². The third-order valence-corrected chi connectivity index (χ3v) is 8.01. The van der Waals surface area contributed by atoms with Crippen LogP contribution in [0.1, 0.15) is 37.7 Å². The Labute approximate surface area is 197 Å². The van der Waals surface area contributed by atoms with Crippen molar-refractivity contribution in [2.45, 2.75) is 38.1 Å². The van der Waals surface area contributed by atoms with Crippen LogP contribution in [0.15, 0.2) is 34.0 Å². The molecule has 2 aromatic rings. The number of morpholine rings is 1. The molecule has 1 aliphatic carbocycles. The smallest absolute Gasteiger partial charge is 0.266 e. The normalized spacial score (nSPS) is 21.8. The van der Waals surface area contributed by atoms with E-state index in [1.54, 1.807) is 22.6 Å². The van der Waals surface area contributed by atoms with Crippen LogP contribution in [0, 0.1) is 0 Å². The lowest BCUT2D eigenvalue weighted by Crippen LogP contribution is -2.40. The maximum Gasteiger partial charge on any atom is 0.266 e. The van der Waals surface area contributed by atoms with Crippen molar-refractivity contribution < 1.29 is 9.53 Å². The molecular weight excluding hydrogens is 442 g/mol. The number of thioether (sulfide) groups is 1. The first-order valence-electron chi connectivity index (χ1n) is 11.3. The number of rotatable bonds is 3. The molecule has 2 saturated heterocycles. The van der Waals surface area contributed by atoms with Crippen LogP contribution in [-0.4, -0.2) is 52.0 Å². The number of benzene rings is 1. The molecule has 0 radical (unpaired) electrons.